The highest BCUT2D eigenvalue weighted by atomic mass is 32.2. The number of pyridine rings is 1. The van der Waals surface area contributed by atoms with E-state index in [1.54, 1.807) is 31.2 Å². The van der Waals surface area contributed by atoms with Gasteiger partial charge in [0.05, 0.1) is 29.0 Å². The number of nitrogens with zero attached hydrogens (tertiary/aromatic N) is 2. The van der Waals surface area contributed by atoms with Crippen LogP contribution in [-0.2, 0) is 22.7 Å². The molecule has 3 aromatic rings. The molecule has 0 saturated carbocycles. The van der Waals surface area contributed by atoms with Gasteiger partial charge >= 0.3 is 6.18 Å². The number of furan rings is 1. The number of hydrogen-bond acceptors (Lipinski definition) is 6. The first-order valence-electron chi connectivity index (χ1n) is 8.61. The van der Waals surface area contributed by atoms with E-state index in [-0.39, 0.29) is 17.3 Å². The standard InChI is InChI=1S/C19H17F3N4O3S/c1-13(25-26-18-9-6-15(11-23-18)19(20,21)22)14-4-7-17(8-5-14)30(27,28)24-12-16-3-2-10-29-16/h2-11,24H,12H2,1H3,(H,23,26)/b25-13-. The van der Waals surface area contributed by atoms with Crippen LogP contribution in [0.1, 0.15) is 23.8 Å². The van der Waals surface area contributed by atoms with Crippen LogP contribution in [0.25, 0.3) is 0 Å². The minimum atomic E-state index is -4.46. The third-order valence-electron chi connectivity index (χ3n) is 4.03. The summed E-state index contributed by atoms with van der Waals surface area (Å²) in [6.07, 6.45) is -2.29. The Balaban J connectivity index is 1.64. The molecule has 0 radical (unpaired) electrons. The summed E-state index contributed by atoms with van der Waals surface area (Å²) >= 11 is 0. The first-order valence-corrected chi connectivity index (χ1v) is 10.1. The van der Waals surface area contributed by atoms with Crippen LogP contribution in [0, 0.1) is 0 Å². The highest BCUT2D eigenvalue weighted by Crippen LogP contribution is 2.28. The Morgan fingerprint density at radius 2 is 1.87 bits per heavy atom. The molecule has 0 spiro atoms. The smallest absolute Gasteiger partial charge is 0.417 e. The van der Waals surface area contributed by atoms with Crippen LogP contribution in [-0.4, -0.2) is 19.1 Å². The molecule has 0 bridgehead atoms. The molecule has 11 heteroatoms. The van der Waals surface area contributed by atoms with Crippen molar-refractivity contribution in [2.24, 2.45) is 5.10 Å². The minimum Gasteiger partial charge on any atom is -0.468 e. The van der Waals surface area contributed by atoms with Crippen LogP contribution < -0.4 is 10.1 Å². The van der Waals surface area contributed by atoms with Gasteiger partial charge in [0.2, 0.25) is 10.0 Å². The van der Waals surface area contributed by atoms with Crippen molar-refractivity contribution < 1.29 is 26.0 Å². The maximum Gasteiger partial charge on any atom is 0.417 e. The average Bonchev–Trinajstić information content (AvgIpc) is 3.24. The number of anilines is 1. The zero-order valence-corrected chi connectivity index (χ0v) is 16.5. The number of rotatable bonds is 7. The van der Waals surface area contributed by atoms with Crippen LogP contribution in [0.3, 0.4) is 0 Å². The molecule has 3 rings (SSSR count). The summed E-state index contributed by atoms with van der Waals surface area (Å²) in [6.45, 7) is 1.69. The van der Waals surface area contributed by atoms with Crippen molar-refractivity contribution in [1.29, 1.82) is 0 Å². The molecule has 0 aliphatic carbocycles. The van der Waals surface area contributed by atoms with Crippen molar-refractivity contribution in [2.75, 3.05) is 5.43 Å². The molecule has 30 heavy (non-hydrogen) atoms. The van der Waals surface area contributed by atoms with E-state index in [0.717, 1.165) is 6.07 Å². The Kier molecular flexibility index (Phi) is 6.22. The lowest BCUT2D eigenvalue weighted by Crippen LogP contribution is -2.23. The summed E-state index contributed by atoms with van der Waals surface area (Å²) in [5.41, 5.74) is 2.83. The highest BCUT2D eigenvalue weighted by molar-refractivity contribution is 7.89. The monoisotopic (exact) mass is 438 g/mol. The van der Waals surface area contributed by atoms with Crippen molar-refractivity contribution in [1.82, 2.24) is 9.71 Å². The van der Waals surface area contributed by atoms with Gasteiger partial charge in [0.25, 0.3) is 0 Å². The van der Waals surface area contributed by atoms with Gasteiger partial charge in [-0.15, -0.1) is 0 Å². The van der Waals surface area contributed by atoms with Gasteiger partial charge in [0.15, 0.2) is 0 Å². The molecule has 0 aliphatic rings. The second-order valence-corrected chi connectivity index (χ2v) is 7.93. The Hall–Kier alpha value is -3.18. The number of halogens is 3. The Morgan fingerprint density at radius 1 is 1.13 bits per heavy atom. The van der Waals surface area contributed by atoms with Crippen LogP contribution in [0.5, 0.6) is 0 Å². The van der Waals surface area contributed by atoms with Crippen LogP contribution in [0.4, 0.5) is 19.0 Å². The van der Waals surface area contributed by atoms with Crippen LogP contribution in [0.15, 0.2) is 75.4 Å². The SMILES string of the molecule is C/C(=N/Nc1ccc(C(F)(F)F)cn1)c1ccc(S(=O)(=O)NCc2ccco2)cc1. The van der Waals surface area contributed by atoms with E-state index in [9.17, 15) is 21.6 Å². The van der Waals surface area contributed by atoms with E-state index < -0.39 is 21.8 Å². The van der Waals surface area contributed by atoms with Crippen molar-refractivity contribution in [2.45, 2.75) is 24.5 Å². The van der Waals surface area contributed by atoms with Gasteiger partial charge in [-0.3, -0.25) is 5.43 Å². The molecule has 1 aromatic carbocycles. The zero-order valence-electron chi connectivity index (χ0n) is 15.6. The molecule has 0 unspecified atom stereocenters. The van der Waals surface area contributed by atoms with E-state index in [4.69, 9.17) is 4.42 Å². The quantitative estimate of drug-likeness (QED) is 0.429. The van der Waals surface area contributed by atoms with E-state index >= 15 is 0 Å². The predicted octanol–water partition coefficient (Wildman–Crippen LogP) is 4.01. The van der Waals surface area contributed by atoms with Gasteiger partial charge in [0.1, 0.15) is 11.6 Å². The Labute approximate surface area is 170 Å². The Morgan fingerprint density at radius 3 is 2.43 bits per heavy atom. The third kappa shape index (κ3) is 5.45. The van der Waals surface area contributed by atoms with Crippen molar-refractivity contribution >= 4 is 21.6 Å². The molecule has 2 heterocycles. The summed E-state index contributed by atoms with van der Waals surface area (Å²) < 4.78 is 69.8. The van der Waals surface area contributed by atoms with E-state index in [0.29, 0.717) is 23.2 Å². The fourth-order valence-corrected chi connectivity index (χ4v) is 3.36. The largest absolute Gasteiger partial charge is 0.468 e. The summed E-state index contributed by atoms with van der Waals surface area (Å²) in [5.74, 6) is 0.629. The van der Waals surface area contributed by atoms with Gasteiger partial charge in [-0.25, -0.2) is 18.1 Å². The van der Waals surface area contributed by atoms with Gasteiger partial charge in [-0.2, -0.15) is 18.3 Å². The van der Waals surface area contributed by atoms with Crippen LogP contribution >= 0.6 is 0 Å². The molecule has 0 atom stereocenters. The maximum absolute atomic E-state index is 12.6. The molecule has 0 fully saturated rings. The lowest BCUT2D eigenvalue weighted by atomic mass is 10.1. The lowest BCUT2D eigenvalue weighted by molar-refractivity contribution is -0.137. The molecule has 158 valence electrons. The van der Waals surface area contributed by atoms with Crippen molar-refractivity contribution in [3.8, 4) is 0 Å². The molecule has 0 amide bonds. The number of hydrogen-bond donors (Lipinski definition) is 2. The second kappa shape index (κ2) is 8.67. The fourth-order valence-electron chi connectivity index (χ4n) is 2.37. The zero-order chi connectivity index (χ0) is 21.8. The number of sulfonamides is 1. The molecule has 0 aliphatic heterocycles. The molecule has 2 N–H and O–H groups in total. The van der Waals surface area contributed by atoms with Gasteiger partial charge in [0, 0.05) is 6.20 Å². The van der Waals surface area contributed by atoms with E-state index in [2.05, 4.69) is 20.2 Å². The van der Waals surface area contributed by atoms with Gasteiger partial charge in [-0.05, 0) is 48.9 Å². The number of hydrazone groups is 1. The summed E-state index contributed by atoms with van der Waals surface area (Å²) in [7, 11) is -3.72. The second-order valence-electron chi connectivity index (χ2n) is 6.17. The summed E-state index contributed by atoms with van der Waals surface area (Å²) in [4.78, 5) is 3.74. The summed E-state index contributed by atoms with van der Waals surface area (Å²) in [6, 6.07) is 11.4. The molecule has 7 nitrogen and oxygen atoms in total. The molecule has 2 aromatic heterocycles. The topological polar surface area (TPSA) is 96.6 Å². The Bertz CT molecular complexity index is 1110. The average molecular weight is 438 g/mol. The fraction of sp³-hybridized carbons (Fsp3) is 0.158. The predicted molar refractivity (Wildman–Crippen MR) is 104 cm³/mol. The normalized spacial score (nSPS) is 12.7. The number of nitrogens with one attached hydrogen (secondary N) is 2. The van der Waals surface area contributed by atoms with Crippen LogP contribution in [0.2, 0.25) is 0 Å². The summed E-state index contributed by atoms with van der Waals surface area (Å²) in [5, 5.41) is 4.06. The number of alkyl halides is 3. The highest BCUT2D eigenvalue weighted by Gasteiger charge is 2.30. The number of benzene rings is 1. The molecular formula is C19H17F3N4O3S. The van der Waals surface area contributed by atoms with Crippen molar-refractivity contribution in [3.05, 3.63) is 77.9 Å². The van der Waals surface area contributed by atoms with E-state index in [1.807, 2.05) is 0 Å². The number of aromatic nitrogens is 1. The molecule has 0 saturated heterocycles. The first kappa shape index (κ1) is 21.5. The van der Waals surface area contributed by atoms with E-state index in [1.165, 1.54) is 24.5 Å². The maximum atomic E-state index is 12.6. The third-order valence-corrected chi connectivity index (χ3v) is 5.45. The first-order chi connectivity index (χ1) is 14.1. The van der Waals surface area contributed by atoms with Gasteiger partial charge < -0.3 is 4.42 Å². The van der Waals surface area contributed by atoms with Gasteiger partial charge in [-0.1, -0.05) is 12.1 Å². The molecular weight excluding hydrogens is 421 g/mol. The van der Waals surface area contributed by atoms with Crippen molar-refractivity contribution in [3.63, 3.8) is 0 Å². The minimum absolute atomic E-state index is 0.0294. The lowest BCUT2D eigenvalue weighted by Gasteiger charge is -2.08.